The number of hydrogen-bond donors (Lipinski definition) is 2. The van der Waals surface area contributed by atoms with Gasteiger partial charge in [-0.25, -0.2) is 8.42 Å². The maximum absolute atomic E-state index is 11.6. The highest BCUT2D eigenvalue weighted by Crippen LogP contribution is 2.23. The van der Waals surface area contributed by atoms with Gasteiger partial charge in [0.15, 0.2) is 9.84 Å². The Morgan fingerprint density at radius 3 is 2.47 bits per heavy atom. The molecule has 82 valence electrons. The fourth-order valence-corrected chi connectivity index (χ4v) is 2.47. The van der Waals surface area contributed by atoms with Crippen molar-refractivity contribution in [3.05, 3.63) is 23.2 Å². The first kappa shape index (κ1) is 11.8. The van der Waals surface area contributed by atoms with Crippen molar-refractivity contribution in [1.82, 2.24) is 0 Å². The van der Waals surface area contributed by atoms with Crippen LogP contribution >= 0.6 is 11.6 Å². The molecule has 1 aromatic carbocycles. The van der Waals surface area contributed by atoms with E-state index in [1.54, 1.807) is 0 Å². The first-order valence-electron chi connectivity index (χ1n) is 3.89. The molecule has 7 heteroatoms. The Balaban J connectivity index is 3.22. The minimum atomic E-state index is -3.77. The third-order valence-corrected chi connectivity index (χ3v) is 3.58. The number of nitrogen functional groups attached to an aromatic ring is 1. The smallest absolute Gasteiger partial charge is 0.233 e. The van der Waals surface area contributed by atoms with E-state index in [1.807, 2.05) is 0 Å². The van der Waals surface area contributed by atoms with Gasteiger partial charge in [-0.2, -0.15) is 0 Å². The second-order valence-corrected chi connectivity index (χ2v) is 5.30. The summed E-state index contributed by atoms with van der Waals surface area (Å²) in [6.07, 6.45) is 0. The van der Waals surface area contributed by atoms with Crippen LogP contribution in [0, 0.1) is 0 Å². The zero-order valence-corrected chi connectivity index (χ0v) is 9.18. The predicted molar refractivity (Wildman–Crippen MR) is 57.1 cm³/mol. The van der Waals surface area contributed by atoms with E-state index in [0.717, 1.165) is 0 Å². The standard InChI is InChI=1S/C8H9ClN2O3S/c9-5-1-2-7(6(10)3-5)15(13,14)4-8(11)12/h1-3H,4,10H2,(H2,11,12). The lowest BCUT2D eigenvalue weighted by atomic mass is 10.3. The number of benzene rings is 1. The maximum atomic E-state index is 11.6. The maximum Gasteiger partial charge on any atom is 0.233 e. The largest absolute Gasteiger partial charge is 0.398 e. The lowest BCUT2D eigenvalue weighted by Gasteiger charge is -2.05. The van der Waals surface area contributed by atoms with Crippen molar-refractivity contribution >= 4 is 33.0 Å². The number of sulfone groups is 1. The van der Waals surface area contributed by atoms with Gasteiger partial charge in [-0.1, -0.05) is 11.6 Å². The molecule has 1 rings (SSSR count). The van der Waals surface area contributed by atoms with E-state index < -0.39 is 21.5 Å². The average molecular weight is 249 g/mol. The van der Waals surface area contributed by atoms with Gasteiger partial charge in [0.1, 0.15) is 5.75 Å². The normalized spacial score (nSPS) is 11.3. The molecule has 1 aromatic rings. The Morgan fingerprint density at radius 1 is 1.40 bits per heavy atom. The second-order valence-electron chi connectivity index (χ2n) is 2.91. The van der Waals surface area contributed by atoms with Crippen LogP contribution in [0.3, 0.4) is 0 Å². The summed E-state index contributed by atoms with van der Waals surface area (Å²) in [6, 6.07) is 3.93. The molecule has 0 aliphatic heterocycles. The van der Waals surface area contributed by atoms with Gasteiger partial charge in [-0.3, -0.25) is 4.79 Å². The first-order valence-corrected chi connectivity index (χ1v) is 5.92. The molecule has 0 fully saturated rings. The van der Waals surface area contributed by atoms with Crippen molar-refractivity contribution in [3.8, 4) is 0 Å². The number of hydrogen-bond acceptors (Lipinski definition) is 4. The van der Waals surface area contributed by atoms with Gasteiger partial charge in [0, 0.05) is 5.02 Å². The summed E-state index contributed by atoms with van der Waals surface area (Å²) in [7, 11) is -3.77. The topological polar surface area (TPSA) is 103 Å². The molecular weight excluding hydrogens is 240 g/mol. The zero-order chi connectivity index (χ0) is 11.6. The van der Waals surface area contributed by atoms with E-state index in [4.69, 9.17) is 23.1 Å². The van der Waals surface area contributed by atoms with Crippen molar-refractivity contribution in [2.45, 2.75) is 4.90 Å². The number of anilines is 1. The molecule has 0 aromatic heterocycles. The summed E-state index contributed by atoms with van der Waals surface area (Å²) < 4.78 is 23.1. The van der Waals surface area contributed by atoms with Gasteiger partial charge in [-0.15, -0.1) is 0 Å². The SMILES string of the molecule is NC(=O)CS(=O)(=O)c1ccc(Cl)cc1N. The number of amides is 1. The number of carbonyl (C=O) groups excluding carboxylic acids is 1. The molecule has 0 atom stereocenters. The number of halogens is 1. The van der Waals surface area contributed by atoms with Crippen molar-refractivity contribution in [2.75, 3.05) is 11.5 Å². The van der Waals surface area contributed by atoms with E-state index >= 15 is 0 Å². The fraction of sp³-hybridized carbons (Fsp3) is 0.125. The third-order valence-electron chi connectivity index (χ3n) is 1.64. The van der Waals surface area contributed by atoms with Crippen molar-refractivity contribution in [2.24, 2.45) is 5.73 Å². The number of primary amides is 1. The Labute approximate surface area is 91.9 Å². The van der Waals surface area contributed by atoms with Gasteiger partial charge in [0.2, 0.25) is 5.91 Å². The van der Waals surface area contributed by atoms with Gasteiger partial charge >= 0.3 is 0 Å². The molecule has 1 amide bonds. The second kappa shape index (κ2) is 4.08. The fourth-order valence-electron chi connectivity index (χ4n) is 1.07. The molecule has 4 N–H and O–H groups in total. The minimum absolute atomic E-state index is 0.00347. The van der Waals surface area contributed by atoms with Crippen molar-refractivity contribution < 1.29 is 13.2 Å². The van der Waals surface area contributed by atoms with E-state index in [0.29, 0.717) is 5.02 Å². The van der Waals surface area contributed by atoms with Gasteiger partial charge in [-0.05, 0) is 18.2 Å². The Kier molecular flexibility index (Phi) is 3.21. The van der Waals surface area contributed by atoms with Crippen LogP contribution in [0.25, 0.3) is 0 Å². The molecular formula is C8H9ClN2O3S. The molecule has 0 heterocycles. The summed E-state index contributed by atoms with van der Waals surface area (Å²) in [5.41, 5.74) is 10.3. The molecule has 5 nitrogen and oxygen atoms in total. The highest BCUT2D eigenvalue weighted by atomic mass is 35.5. The predicted octanol–water partition coefficient (Wildman–Crippen LogP) is 0.181. The first-order chi connectivity index (χ1) is 6.83. The molecule has 0 bridgehead atoms. The summed E-state index contributed by atoms with van der Waals surface area (Å²) >= 11 is 5.61. The zero-order valence-electron chi connectivity index (χ0n) is 7.60. The molecule has 15 heavy (non-hydrogen) atoms. The third kappa shape index (κ3) is 2.84. The Hall–Kier alpha value is -1.27. The van der Waals surface area contributed by atoms with Crippen LogP contribution in [0.5, 0.6) is 0 Å². The number of nitrogens with two attached hydrogens (primary N) is 2. The van der Waals surface area contributed by atoms with E-state index in [9.17, 15) is 13.2 Å². The molecule has 0 aliphatic rings. The van der Waals surface area contributed by atoms with Gasteiger partial charge in [0.25, 0.3) is 0 Å². The monoisotopic (exact) mass is 248 g/mol. The van der Waals surface area contributed by atoms with Crippen molar-refractivity contribution in [3.63, 3.8) is 0 Å². The number of carbonyl (C=O) groups is 1. The summed E-state index contributed by atoms with van der Waals surface area (Å²) in [4.78, 5) is 10.4. The molecule has 0 radical (unpaired) electrons. The lowest BCUT2D eigenvalue weighted by molar-refractivity contribution is -0.115. The highest BCUT2D eigenvalue weighted by molar-refractivity contribution is 7.92. The Bertz CT molecular complexity index is 499. The van der Waals surface area contributed by atoms with E-state index in [-0.39, 0.29) is 10.6 Å². The van der Waals surface area contributed by atoms with Crippen LogP contribution in [-0.4, -0.2) is 20.1 Å². The molecule has 0 saturated carbocycles. The van der Waals surface area contributed by atoms with Crippen LogP contribution < -0.4 is 11.5 Å². The quantitative estimate of drug-likeness (QED) is 0.745. The van der Waals surface area contributed by atoms with Gasteiger partial charge in [0.05, 0.1) is 10.6 Å². The molecule has 0 unspecified atom stereocenters. The number of rotatable bonds is 3. The summed E-state index contributed by atoms with van der Waals surface area (Å²) in [6.45, 7) is 0. The van der Waals surface area contributed by atoms with Crippen molar-refractivity contribution in [1.29, 1.82) is 0 Å². The average Bonchev–Trinajstić information content (AvgIpc) is 1.99. The van der Waals surface area contributed by atoms with Crippen LogP contribution in [0.4, 0.5) is 5.69 Å². The molecule has 0 spiro atoms. The molecule has 0 aliphatic carbocycles. The summed E-state index contributed by atoms with van der Waals surface area (Å²) in [5.74, 6) is -1.69. The summed E-state index contributed by atoms with van der Waals surface area (Å²) in [5, 5.41) is 0.325. The van der Waals surface area contributed by atoms with Crippen LogP contribution in [0.15, 0.2) is 23.1 Å². The van der Waals surface area contributed by atoms with Crippen LogP contribution in [-0.2, 0) is 14.6 Å². The minimum Gasteiger partial charge on any atom is -0.398 e. The van der Waals surface area contributed by atoms with E-state index in [2.05, 4.69) is 0 Å². The van der Waals surface area contributed by atoms with Crippen LogP contribution in [0.1, 0.15) is 0 Å². The van der Waals surface area contributed by atoms with Gasteiger partial charge < -0.3 is 11.5 Å². The Morgan fingerprint density at radius 2 is 2.00 bits per heavy atom. The molecule has 0 saturated heterocycles. The lowest BCUT2D eigenvalue weighted by Crippen LogP contribution is -2.23. The van der Waals surface area contributed by atoms with E-state index in [1.165, 1.54) is 18.2 Å². The van der Waals surface area contributed by atoms with Crippen LogP contribution in [0.2, 0.25) is 5.02 Å². The highest BCUT2D eigenvalue weighted by Gasteiger charge is 2.20.